The summed E-state index contributed by atoms with van der Waals surface area (Å²) >= 11 is 0. The van der Waals surface area contributed by atoms with E-state index in [2.05, 4.69) is 31.2 Å². The van der Waals surface area contributed by atoms with Gasteiger partial charge in [-0.2, -0.15) is 0 Å². The van der Waals surface area contributed by atoms with Gasteiger partial charge in [0.05, 0.1) is 11.2 Å². The van der Waals surface area contributed by atoms with Gasteiger partial charge in [0, 0.05) is 16.6 Å². The molecule has 0 aliphatic carbocycles. The van der Waals surface area contributed by atoms with Gasteiger partial charge in [-0.15, -0.1) is 0 Å². The summed E-state index contributed by atoms with van der Waals surface area (Å²) in [7, 11) is 0. The molecule has 2 aromatic carbocycles. The Labute approximate surface area is 138 Å². The third kappa shape index (κ3) is 3.70. The number of nitrogens with two attached hydrogens (primary N) is 1. The van der Waals surface area contributed by atoms with Crippen molar-refractivity contribution >= 4 is 16.6 Å². The Kier molecular flexibility index (Phi) is 4.92. The first-order valence-electron chi connectivity index (χ1n) is 8.52. The molecule has 118 valence electrons. The number of rotatable bonds is 6. The van der Waals surface area contributed by atoms with Gasteiger partial charge in [0.25, 0.3) is 0 Å². The lowest BCUT2D eigenvalue weighted by atomic mass is 10.0. The summed E-state index contributed by atoms with van der Waals surface area (Å²) in [4.78, 5) is 4.74. The standard InChI is InChI=1S/C21H24N2/c1-2-3-4-5-8-16-11-13-17(14-12-16)21-15-19(22)18-9-6-7-10-20(18)23-21/h6-7,9-15H,2-5,8H2,1H3,(H2,22,23). The van der Waals surface area contributed by atoms with E-state index >= 15 is 0 Å². The number of para-hydroxylation sites is 1. The molecular weight excluding hydrogens is 280 g/mol. The van der Waals surface area contributed by atoms with E-state index in [1.807, 2.05) is 30.3 Å². The molecule has 0 fully saturated rings. The molecule has 0 aliphatic heterocycles. The molecule has 0 saturated heterocycles. The number of aromatic nitrogens is 1. The van der Waals surface area contributed by atoms with Crippen molar-refractivity contribution in [2.45, 2.75) is 39.0 Å². The van der Waals surface area contributed by atoms with E-state index in [0.29, 0.717) is 0 Å². The van der Waals surface area contributed by atoms with Crippen molar-refractivity contribution in [3.8, 4) is 11.3 Å². The monoisotopic (exact) mass is 304 g/mol. The SMILES string of the molecule is CCCCCCc1ccc(-c2cc(N)c3ccccc3n2)cc1. The van der Waals surface area contributed by atoms with E-state index in [1.54, 1.807) is 0 Å². The first-order chi connectivity index (χ1) is 11.3. The summed E-state index contributed by atoms with van der Waals surface area (Å²) in [5.41, 5.74) is 11.4. The van der Waals surface area contributed by atoms with Crippen LogP contribution in [0.2, 0.25) is 0 Å². The molecular formula is C21H24N2. The smallest absolute Gasteiger partial charge is 0.0730 e. The van der Waals surface area contributed by atoms with Gasteiger partial charge >= 0.3 is 0 Å². The van der Waals surface area contributed by atoms with Crippen molar-refractivity contribution in [1.29, 1.82) is 0 Å². The highest BCUT2D eigenvalue weighted by atomic mass is 14.7. The van der Waals surface area contributed by atoms with E-state index in [4.69, 9.17) is 10.7 Å². The molecule has 0 atom stereocenters. The molecule has 0 aliphatic rings. The van der Waals surface area contributed by atoms with Gasteiger partial charge in [0.2, 0.25) is 0 Å². The largest absolute Gasteiger partial charge is 0.398 e. The second kappa shape index (κ2) is 7.28. The predicted octanol–water partition coefficient (Wildman–Crippen LogP) is 5.61. The Hall–Kier alpha value is -2.35. The molecule has 0 unspecified atom stereocenters. The maximum atomic E-state index is 6.18. The van der Waals surface area contributed by atoms with Crippen LogP contribution < -0.4 is 5.73 Å². The summed E-state index contributed by atoms with van der Waals surface area (Å²) < 4.78 is 0. The van der Waals surface area contributed by atoms with E-state index in [9.17, 15) is 0 Å². The number of hydrogen-bond acceptors (Lipinski definition) is 2. The molecule has 1 heterocycles. The zero-order valence-electron chi connectivity index (χ0n) is 13.8. The van der Waals surface area contributed by atoms with Crippen LogP contribution in [0.25, 0.3) is 22.2 Å². The number of nitrogens with zero attached hydrogens (tertiary/aromatic N) is 1. The lowest BCUT2D eigenvalue weighted by Gasteiger charge is -2.08. The molecule has 0 radical (unpaired) electrons. The predicted molar refractivity (Wildman–Crippen MR) is 99.4 cm³/mol. The number of pyridine rings is 1. The fraction of sp³-hybridized carbons (Fsp3) is 0.286. The Morgan fingerprint density at radius 1 is 0.913 bits per heavy atom. The van der Waals surface area contributed by atoms with Crippen LogP contribution >= 0.6 is 0 Å². The van der Waals surface area contributed by atoms with Gasteiger partial charge in [-0.25, -0.2) is 4.98 Å². The third-order valence-electron chi connectivity index (χ3n) is 4.32. The van der Waals surface area contributed by atoms with Gasteiger partial charge in [0.1, 0.15) is 0 Å². The maximum absolute atomic E-state index is 6.18. The van der Waals surface area contributed by atoms with Gasteiger partial charge in [-0.1, -0.05) is 68.7 Å². The van der Waals surface area contributed by atoms with E-state index in [-0.39, 0.29) is 0 Å². The highest BCUT2D eigenvalue weighted by molar-refractivity contribution is 5.92. The van der Waals surface area contributed by atoms with Crippen molar-refractivity contribution in [1.82, 2.24) is 4.98 Å². The van der Waals surface area contributed by atoms with Gasteiger partial charge in [-0.05, 0) is 30.5 Å². The number of anilines is 1. The van der Waals surface area contributed by atoms with Crippen molar-refractivity contribution in [2.24, 2.45) is 0 Å². The van der Waals surface area contributed by atoms with Crippen LogP contribution in [0.15, 0.2) is 54.6 Å². The maximum Gasteiger partial charge on any atom is 0.0730 e. The first-order valence-corrected chi connectivity index (χ1v) is 8.52. The van der Waals surface area contributed by atoms with Crippen LogP contribution in [0, 0.1) is 0 Å². The Bertz CT molecular complexity index is 775. The molecule has 2 N–H and O–H groups in total. The van der Waals surface area contributed by atoms with Crippen LogP contribution in [0.5, 0.6) is 0 Å². The summed E-state index contributed by atoms with van der Waals surface area (Å²) in [5, 5.41) is 1.02. The third-order valence-corrected chi connectivity index (χ3v) is 4.32. The highest BCUT2D eigenvalue weighted by Crippen LogP contribution is 2.26. The first kappa shape index (κ1) is 15.5. The lowest BCUT2D eigenvalue weighted by Crippen LogP contribution is -1.93. The van der Waals surface area contributed by atoms with E-state index < -0.39 is 0 Å². The average Bonchev–Trinajstić information content (AvgIpc) is 2.59. The Morgan fingerprint density at radius 2 is 1.70 bits per heavy atom. The minimum atomic E-state index is 0.786. The van der Waals surface area contributed by atoms with Gasteiger partial charge < -0.3 is 5.73 Å². The highest BCUT2D eigenvalue weighted by Gasteiger charge is 2.05. The van der Waals surface area contributed by atoms with Crippen molar-refractivity contribution in [2.75, 3.05) is 5.73 Å². The summed E-state index contributed by atoms with van der Waals surface area (Å²) in [6.07, 6.45) is 6.37. The molecule has 1 aromatic heterocycles. The molecule has 2 nitrogen and oxygen atoms in total. The van der Waals surface area contributed by atoms with Crippen molar-refractivity contribution < 1.29 is 0 Å². The molecule has 0 amide bonds. The number of fused-ring (bicyclic) bond motifs is 1. The second-order valence-corrected chi connectivity index (χ2v) is 6.12. The van der Waals surface area contributed by atoms with Crippen LogP contribution in [-0.2, 0) is 6.42 Å². The van der Waals surface area contributed by atoms with Crippen molar-refractivity contribution in [3.05, 3.63) is 60.2 Å². The topological polar surface area (TPSA) is 38.9 Å². The normalized spacial score (nSPS) is 11.0. The number of nitrogen functional groups attached to an aromatic ring is 1. The van der Waals surface area contributed by atoms with Crippen molar-refractivity contribution in [3.63, 3.8) is 0 Å². The molecule has 0 spiro atoms. The van der Waals surface area contributed by atoms with E-state index in [1.165, 1.54) is 31.2 Å². The molecule has 0 bridgehead atoms. The van der Waals surface area contributed by atoms with Crippen LogP contribution in [0.3, 0.4) is 0 Å². The lowest BCUT2D eigenvalue weighted by molar-refractivity contribution is 0.667. The minimum absolute atomic E-state index is 0.786. The fourth-order valence-electron chi connectivity index (χ4n) is 2.95. The molecule has 0 saturated carbocycles. The number of aryl methyl sites for hydroxylation is 1. The molecule has 3 rings (SSSR count). The Morgan fingerprint density at radius 3 is 2.48 bits per heavy atom. The van der Waals surface area contributed by atoms with Crippen LogP contribution in [0.1, 0.15) is 38.2 Å². The van der Waals surface area contributed by atoms with Crippen LogP contribution in [-0.4, -0.2) is 4.98 Å². The second-order valence-electron chi connectivity index (χ2n) is 6.12. The van der Waals surface area contributed by atoms with E-state index in [0.717, 1.165) is 34.3 Å². The summed E-state index contributed by atoms with van der Waals surface area (Å²) in [6.45, 7) is 2.25. The Balaban J connectivity index is 1.79. The molecule has 23 heavy (non-hydrogen) atoms. The zero-order chi connectivity index (χ0) is 16.1. The van der Waals surface area contributed by atoms with Crippen LogP contribution in [0.4, 0.5) is 5.69 Å². The quantitative estimate of drug-likeness (QED) is 0.601. The summed E-state index contributed by atoms with van der Waals surface area (Å²) in [5.74, 6) is 0. The molecule has 3 aromatic rings. The number of benzene rings is 2. The van der Waals surface area contributed by atoms with Gasteiger partial charge in [0.15, 0.2) is 0 Å². The average molecular weight is 304 g/mol. The summed E-state index contributed by atoms with van der Waals surface area (Å²) in [6, 6.07) is 18.7. The zero-order valence-corrected chi connectivity index (χ0v) is 13.8. The number of hydrogen-bond donors (Lipinski definition) is 1. The fourth-order valence-corrected chi connectivity index (χ4v) is 2.95. The number of unbranched alkanes of at least 4 members (excludes halogenated alkanes) is 3. The molecule has 2 heteroatoms. The van der Waals surface area contributed by atoms with Gasteiger partial charge in [-0.3, -0.25) is 0 Å². The minimum Gasteiger partial charge on any atom is -0.398 e.